The third-order valence-corrected chi connectivity index (χ3v) is 4.23. The van der Waals surface area contributed by atoms with E-state index in [0.717, 1.165) is 12.1 Å². The monoisotopic (exact) mass is 475 g/mol. The van der Waals surface area contributed by atoms with Gasteiger partial charge >= 0.3 is 11.9 Å². The van der Waals surface area contributed by atoms with E-state index in [0.29, 0.717) is 0 Å². The molecule has 2 amide bonds. The highest BCUT2D eigenvalue weighted by atomic mass is 19.4. The Morgan fingerprint density at radius 3 is 2.29 bits per heavy atom. The lowest BCUT2D eigenvalue weighted by Gasteiger charge is -2.11. The van der Waals surface area contributed by atoms with Crippen molar-refractivity contribution in [1.82, 2.24) is 10.9 Å². The maximum atomic E-state index is 12.9. The molecule has 3 aromatic carbocycles. The van der Waals surface area contributed by atoms with Gasteiger partial charge in [-0.15, -0.1) is 0 Å². The Labute approximate surface area is 190 Å². The molecule has 0 fully saturated rings. The van der Waals surface area contributed by atoms with Crippen LogP contribution in [0.15, 0.2) is 72.8 Å². The minimum absolute atomic E-state index is 0.0457. The van der Waals surface area contributed by atoms with E-state index in [1.165, 1.54) is 60.7 Å². The number of rotatable bonds is 7. The van der Waals surface area contributed by atoms with Crippen molar-refractivity contribution in [2.75, 3.05) is 6.61 Å². The van der Waals surface area contributed by atoms with Gasteiger partial charge in [-0.25, -0.2) is 0 Å². The number of hydrazine groups is 1. The van der Waals surface area contributed by atoms with Gasteiger partial charge in [0, 0.05) is 11.6 Å². The van der Waals surface area contributed by atoms with Gasteiger partial charge in [0.15, 0.2) is 12.4 Å². The molecule has 0 atom stereocenters. The average molecular weight is 475 g/mol. The van der Waals surface area contributed by atoms with Gasteiger partial charge < -0.3 is 9.47 Å². The number of nitrogens with one attached hydrogen (secondary N) is 2. The molecule has 2 N–H and O–H groups in total. The van der Waals surface area contributed by atoms with Crippen molar-refractivity contribution in [2.45, 2.75) is 6.18 Å². The molecule has 0 aliphatic heterocycles. The zero-order valence-corrected chi connectivity index (χ0v) is 17.2. The second-order valence-electron chi connectivity index (χ2n) is 6.67. The Hall–Kier alpha value is -4.61. The lowest BCUT2D eigenvalue weighted by Crippen LogP contribution is -2.43. The Kier molecular flexibility index (Phi) is 7.31. The summed E-state index contributed by atoms with van der Waals surface area (Å²) in [7, 11) is 0. The molecule has 0 radical (unpaired) electrons. The van der Waals surface area contributed by atoms with Crippen LogP contribution in [0.4, 0.5) is 18.9 Å². The fraction of sp³-hybridized carbons (Fsp3) is 0.0909. The summed E-state index contributed by atoms with van der Waals surface area (Å²) < 4.78 is 49.1. The van der Waals surface area contributed by atoms with Crippen LogP contribution in [0.3, 0.4) is 0 Å². The first-order valence-corrected chi connectivity index (χ1v) is 9.54. The molecule has 0 aromatic heterocycles. The lowest BCUT2D eigenvalue weighted by atomic mass is 10.2. The second-order valence-corrected chi connectivity index (χ2v) is 6.67. The van der Waals surface area contributed by atoms with Gasteiger partial charge in [-0.1, -0.05) is 24.3 Å². The molecular formula is C22H16F3N3O6. The minimum Gasteiger partial charge on any atom is -0.477 e. The molecule has 34 heavy (non-hydrogen) atoms. The zero-order valence-electron chi connectivity index (χ0n) is 17.2. The van der Waals surface area contributed by atoms with Gasteiger partial charge in [0.1, 0.15) is 11.5 Å². The molecule has 0 saturated carbocycles. The molecule has 3 aromatic rings. The van der Waals surface area contributed by atoms with Gasteiger partial charge in [-0.3, -0.25) is 30.6 Å². The van der Waals surface area contributed by atoms with E-state index in [2.05, 4.69) is 10.9 Å². The molecule has 12 heteroatoms. The van der Waals surface area contributed by atoms with E-state index in [-0.39, 0.29) is 28.5 Å². The molecule has 0 heterocycles. The number of alkyl halides is 3. The summed E-state index contributed by atoms with van der Waals surface area (Å²) in [5.74, 6) is -1.63. The molecule has 0 saturated heterocycles. The third-order valence-electron chi connectivity index (χ3n) is 4.23. The maximum absolute atomic E-state index is 12.9. The van der Waals surface area contributed by atoms with Crippen LogP contribution in [0.5, 0.6) is 17.2 Å². The van der Waals surface area contributed by atoms with Crippen molar-refractivity contribution < 1.29 is 37.2 Å². The first-order valence-electron chi connectivity index (χ1n) is 9.54. The van der Waals surface area contributed by atoms with Crippen molar-refractivity contribution in [3.63, 3.8) is 0 Å². The highest BCUT2D eigenvalue weighted by Gasteiger charge is 2.30. The number of carbonyl (C=O) groups excluding carboxylic acids is 2. The average Bonchev–Trinajstić information content (AvgIpc) is 2.81. The molecular weight excluding hydrogens is 459 g/mol. The van der Waals surface area contributed by atoms with Crippen LogP contribution in [0.2, 0.25) is 0 Å². The van der Waals surface area contributed by atoms with Crippen molar-refractivity contribution in [1.29, 1.82) is 0 Å². The molecule has 3 rings (SSSR count). The topological polar surface area (TPSA) is 120 Å². The predicted octanol–water partition coefficient (Wildman–Crippen LogP) is 4.25. The number of hydrogen-bond acceptors (Lipinski definition) is 6. The Morgan fingerprint density at radius 2 is 1.59 bits per heavy atom. The van der Waals surface area contributed by atoms with Crippen LogP contribution in [0.25, 0.3) is 0 Å². The first-order chi connectivity index (χ1) is 16.1. The number of nitro groups is 1. The fourth-order valence-electron chi connectivity index (χ4n) is 2.68. The van der Waals surface area contributed by atoms with Crippen LogP contribution < -0.4 is 20.3 Å². The highest BCUT2D eigenvalue weighted by Crippen LogP contribution is 2.32. The van der Waals surface area contributed by atoms with Gasteiger partial charge in [0.05, 0.1) is 10.5 Å². The normalized spacial score (nSPS) is 10.8. The van der Waals surface area contributed by atoms with E-state index in [1.54, 1.807) is 0 Å². The molecule has 9 nitrogen and oxygen atoms in total. The molecule has 0 aliphatic rings. The van der Waals surface area contributed by atoms with Gasteiger partial charge in [0.25, 0.3) is 11.8 Å². The van der Waals surface area contributed by atoms with Crippen LogP contribution in [-0.2, 0) is 11.0 Å². The summed E-state index contributed by atoms with van der Waals surface area (Å²) >= 11 is 0. The van der Waals surface area contributed by atoms with E-state index in [9.17, 15) is 32.9 Å². The Balaban J connectivity index is 1.56. The maximum Gasteiger partial charge on any atom is 0.416 e. The number of para-hydroxylation sites is 2. The lowest BCUT2D eigenvalue weighted by molar-refractivity contribution is -0.385. The third kappa shape index (κ3) is 6.45. The number of amides is 2. The summed E-state index contributed by atoms with van der Waals surface area (Å²) in [6, 6.07) is 15.3. The zero-order chi connectivity index (χ0) is 24.7. The quantitative estimate of drug-likeness (QED) is 0.390. The summed E-state index contributed by atoms with van der Waals surface area (Å²) in [6.07, 6.45) is -4.53. The van der Waals surface area contributed by atoms with Crippen molar-refractivity contribution >= 4 is 17.5 Å². The number of hydrogen-bond donors (Lipinski definition) is 2. The van der Waals surface area contributed by atoms with E-state index in [4.69, 9.17) is 9.47 Å². The summed E-state index contributed by atoms with van der Waals surface area (Å²) in [5, 5.41) is 10.9. The van der Waals surface area contributed by atoms with Crippen LogP contribution in [0, 0.1) is 10.1 Å². The summed E-state index contributed by atoms with van der Waals surface area (Å²) in [6.45, 7) is -0.607. The van der Waals surface area contributed by atoms with Crippen LogP contribution >= 0.6 is 0 Å². The number of nitro benzene ring substituents is 1. The van der Waals surface area contributed by atoms with Crippen molar-refractivity contribution in [3.05, 3.63) is 94.0 Å². The number of nitrogens with zero attached hydrogens (tertiary/aromatic N) is 1. The number of halogens is 3. The molecule has 176 valence electrons. The smallest absolute Gasteiger partial charge is 0.416 e. The minimum atomic E-state index is -4.53. The van der Waals surface area contributed by atoms with Gasteiger partial charge in [-0.05, 0) is 42.5 Å². The second kappa shape index (κ2) is 10.3. The summed E-state index contributed by atoms with van der Waals surface area (Å²) in [5.41, 5.74) is 3.07. The predicted molar refractivity (Wildman–Crippen MR) is 112 cm³/mol. The van der Waals surface area contributed by atoms with Crippen LogP contribution in [0.1, 0.15) is 15.9 Å². The van der Waals surface area contributed by atoms with Crippen molar-refractivity contribution in [3.8, 4) is 17.2 Å². The summed E-state index contributed by atoms with van der Waals surface area (Å²) in [4.78, 5) is 34.5. The van der Waals surface area contributed by atoms with Crippen LogP contribution in [-0.4, -0.2) is 23.3 Å². The molecule has 0 spiro atoms. The highest BCUT2D eigenvalue weighted by molar-refractivity contribution is 5.95. The SMILES string of the molecule is O=C(COc1ccccc1[N+](=O)[O-])NNC(=O)c1cccc(Oc2cccc(C(F)(F)F)c2)c1. The number of benzene rings is 3. The number of ether oxygens (including phenoxy) is 2. The van der Waals surface area contributed by atoms with E-state index < -0.39 is 35.1 Å². The van der Waals surface area contributed by atoms with E-state index in [1.807, 2.05) is 0 Å². The van der Waals surface area contributed by atoms with Gasteiger partial charge in [0.2, 0.25) is 0 Å². The Bertz CT molecular complexity index is 1220. The fourth-order valence-corrected chi connectivity index (χ4v) is 2.68. The first kappa shape index (κ1) is 24.0. The molecule has 0 bridgehead atoms. The van der Waals surface area contributed by atoms with Crippen molar-refractivity contribution in [2.24, 2.45) is 0 Å². The largest absolute Gasteiger partial charge is 0.477 e. The standard InChI is InChI=1S/C22H16F3N3O6/c23-22(24,25)15-6-4-8-17(12-15)34-16-7-3-5-14(11-16)21(30)27-26-20(29)13-33-19-10-2-1-9-18(19)28(31)32/h1-12H,13H2,(H,26,29)(H,27,30). The molecule has 0 unspecified atom stereocenters. The Morgan fingerprint density at radius 1 is 0.912 bits per heavy atom. The number of carbonyl (C=O) groups is 2. The van der Waals surface area contributed by atoms with E-state index >= 15 is 0 Å². The van der Waals surface area contributed by atoms with Gasteiger partial charge in [-0.2, -0.15) is 13.2 Å². The molecule has 0 aliphatic carbocycles.